The first-order chi connectivity index (χ1) is 20.1. The molecule has 6 rings (SSSR count). The number of fused-ring (bicyclic) bond motifs is 1. The van der Waals surface area contributed by atoms with Crippen molar-refractivity contribution < 1.29 is 9.59 Å². The Morgan fingerprint density at radius 3 is 2.68 bits per heavy atom. The van der Waals surface area contributed by atoms with Crippen molar-refractivity contribution in [1.29, 1.82) is 0 Å². The van der Waals surface area contributed by atoms with Crippen molar-refractivity contribution in [3.05, 3.63) is 69.9 Å². The van der Waals surface area contributed by atoms with E-state index >= 15 is 0 Å². The molecule has 0 atom stereocenters. The van der Waals surface area contributed by atoms with Gasteiger partial charge in [0.1, 0.15) is 10.7 Å². The summed E-state index contributed by atoms with van der Waals surface area (Å²) in [5.74, 6) is 6.68. The van der Waals surface area contributed by atoms with Crippen LogP contribution in [-0.2, 0) is 41.8 Å². The third-order valence-electron chi connectivity index (χ3n) is 6.87. The van der Waals surface area contributed by atoms with Crippen LogP contribution in [0.2, 0.25) is 0 Å². The molecule has 1 aliphatic carbocycles. The topological polar surface area (TPSA) is 140 Å². The van der Waals surface area contributed by atoms with E-state index in [1.165, 1.54) is 41.9 Å². The average molecular weight is 568 g/mol. The van der Waals surface area contributed by atoms with E-state index in [0.29, 0.717) is 35.4 Å². The van der Waals surface area contributed by atoms with Crippen LogP contribution in [0.3, 0.4) is 0 Å². The van der Waals surface area contributed by atoms with Crippen molar-refractivity contribution >= 4 is 34.1 Å². The number of amides is 2. The van der Waals surface area contributed by atoms with Gasteiger partial charge in [-0.2, -0.15) is 5.10 Å². The summed E-state index contributed by atoms with van der Waals surface area (Å²) >= 11 is 1.34. The molecular weight excluding hydrogens is 538 g/mol. The number of pyridine rings is 1. The lowest BCUT2D eigenvalue weighted by molar-refractivity contribution is -0.116. The molecule has 2 amide bonds. The number of aromatic nitrogens is 7. The fourth-order valence-electron chi connectivity index (χ4n) is 4.70. The van der Waals surface area contributed by atoms with Crippen LogP contribution >= 0.6 is 11.3 Å². The standard InChI is InChI=1S/C29H29N9O2S/c39-26(17-22-15-20(12-13-30-22)19-8-9-19)31-25-11-10-21(33-34-25)5-1-2-7-28-35-36-29(41-28)32-27(40)18-23-16-24-6-3-4-14-38(24)37-23/h10-13,15-16,19H,2-4,6-9,14,17-18H2,(H,31,34,39)(H,32,36,40). The molecule has 4 aromatic heterocycles. The summed E-state index contributed by atoms with van der Waals surface area (Å²) in [4.78, 5) is 29.2. The van der Waals surface area contributed by atoms with Gasteiger partial charge in [-0.1, -0.05) is 17.3 Å². The lowest BCUT2D eigenvalue weighted by Gasteiger charge is -2.11. The van der Waals surface area contributed by atoms with Crippen LogP contribution in [0.25, 0.3) is 0 Å². The van der Waals surface area contributed by atoms with Crippen LogP contribution in [0.5, 0.6) is 0 Å². The second-order valence-electron chi connectivity index (χ2n) is 10.2. The van der Waals surface area contributed by atoms with E-state index in [0.717, 1.165) is 35.8 Å². The van der Waals surface area contributed by atoms with Gasteiger partial charge in [-0.25, -0.2) is 0 Å². The molecule has 208 valence electrons. The van der Waals surface area contributed by atoms with E-state index in [1.54, 1.807) is 18.3 Å². The predicted octanol–water partition coefficient (Wildman–Crippen LogP) is 3.48. The number of hydrogen-bond acceptors (Lipinski definition) is 9. The Bertz CT molecular complexity index is 1590. The van der Waals surface area contributed by atoms with Crippen LogP contribution in [0, 0.1) is 11.8 Å². The SMILES string of the molecule is O=C(Cc1cc(C2CC2)ccn1)Nc1ccc(C#CCCc2nnc(NC(=O)Cc3cc4n(n3)CCCC4)s2)nn1. The summed E-state index contributed by atoms with van der Waals surface area (Å²) < 4.78 is 2.00. The highest BCUT2D eigenvalue weighted by Gasteiger charge is 2.24. The van der Waals surface area contributed by atoms with Gasteiger partial charge >= 0.3 is 0 Å². The maximum Gasteiger partial charge on any atom is 0.232 e. The molecule has 0 saturated heterocycles. The van der Waals surface area contributed by atoms with Crippen molar-refractivity contribution in [3.63, 3.8) is 0 Å². The monoisotopic (exact) mass is 567 g/mol. The van der Waals surface area contributed by atoms with Crippen LogP contribution in [0.1, 0.15) is 71.4 Å². The van der Waals surface area contributed by atoms with Gasteiger partial charge in [0.2, 0.25) is 16.9 Å². The zero-order chi connectivity index (χ0) is 28.0. The molecule has 11 nitrogen and oxygen atoms in total. The van der Waals surface area contributed by atoms with E-state index < -0.39 is 0 Å². The van der Waals surface area contributed by atoms with Gasteiger partial charge in [-0.3, -0.25) is 19.3 Å². The molecule has 0 aromatic carbocycles. The minimum atomic E-state index is -0.188. The Hall–Kier alpha value is -4.50. The fourth-order valence-corrected chi connectivity index (χ4v) is 5.46. The fraction of sp³-hybridized carbons (Fsp3) is 0.379. The van der Waals surface area contributed by atoms with Crippen LogP contribution in [0.4, 0.5) is 10.9 Å². The van der Waals surface area contributed by atoms with Gasteiger partial charge in [0.15, 0.2) is 5.82 Å². The van der Waals surface area contributed by atoms with Crippen molar-refractivity contribution in [2.75, 3.05) is 10.6 Å². The maximum absolute atomic E-state index is 12.4. The number of nitrogens with zero attached hydrogens (tertiary/aromatic N) is 7. The number of hydrogen-bond donors (Lipinski definition) is 2. The van der Waals surface area contributed by atoms with Gasteiger partial charge in [0.25, 0.3) is 0 Å². The first-order valence-corrected chi connectivity index (χ1v) is 14.6. The lowest BCUT2D eigenvalue weighted by Crippen LogP contribution is -2.16. The average Bonchev–Trinajstić information content (AvgIpc) is 3.60. The molecular formula is C29H29N9O2S. The maximum atomic E-state index is 12.4. The Kier molecular flexibility index (Phi) is 8.04. The highest BCUT2D eigenvalue weighted by atomic mass is 32.1. The molecule has 0 radical (unpaired) electrons. The highest BCUT2D eigenvalue weighted by Crippen LogP contribution is 2.39. The molecule has 4 aromatic rings. The number of carbonyl (C=O) groups is 2. The van der Waals surface area contributed by atoms with Gasteiger partial charge in [-0.15, -0.1) is 20.4 Å². The minimum Gasteiger partial charge on any atom is -0.309 e. The van der Waals surface area contributed by atoms with Gasteiger partial charge in [0, 0.05) is 37.0 Å². The van der Waals surface area contributed by atoms with Crippen molar-refractivity contribution in [3.8, 4) is 11.8 Å². The number of carbonyl (C=O) groups excluding carboxylic acids is 2. The molecule has 0 spiro atoms. The molecule has 41 heavy (non-hydrogen) atoms. The number of anilines is 2. The Morgan fingerprint density at radius 1 is 0.976 bits per heavy atom. The summed E-state index contributed by atoms with van der Waals surface area (Å²) in [6.07, 6.45) is 9.05. The molecule has 1 saturated carbocycles. The van der Waals surface area contributed by atoms with Crippen LogP contribution in [0.15, 0.2) is 36.5 Å². The molecule has 0 bridgehead atoms. The second kappa shape index (κ2) is 12.3. The van der Waals surface area contributed by atoms with Crippen LogP contribution in [-0.4, -0.2) is 47.0 Å². The summed E-state index contributed by atoms with van der Waals surface area (Å²) in [6.45, 7) is 0.920. The third kappa shape index (κ3) is 7.37. The van der Waals surface area contributed by atoms with Crippen molar-refractivity contribution in [2.24, 2.45) is 0 Å². The van der Waals surface area contributed by atoms with E-state index in [2.05, 4.69) is 53.0 Å². The zero-order valence-corrected chi connectivity index (χ0v) is 23.3. The molecule has 0 unspecified atom stereocenters. The summed E-state index contributed by atoms with van der Waals surface area (Å²) in [6, 6.07) is 9.45. The van der Waals surface area contributed by atoms with E-state index in [4.69, 9.17) is 0 Å². The Labute approximate surface area is 241 Å². The summed E-state index contributed by atoms with van der Waals surface area (Å²) in [5.41, 5.74) is 4.49. The molecule has 1 aliphatic heterocycles. The Balaban J connectivity index is 0.931. The number of rotatable bonds is 9. The molecule has 12 heteroatoms. The van der Waals surface area contributed by atoms with E-state index in [1.807, 2.05) is 22.9 Å². The van der Waals surface area contributed by atoms with Gasteiger partial charge in [-0.05, 0) is 79.8 Å². The first-order valence-electron chi connectivity index (χ1n) is 13.8. The lowest BCUT2D eigenvalue weighted by atomic mass is 10.1. The Morgan fingerprint density at radius 2 is 1.85 bits per heavy atom. The van der Waals surface area contributed by atoms with E-state index in [-0.39, 0.29) is 24.7 Å². The van der Waals surface area contributed by atoms with E-state index in [9.17, 15) is 9.59 Å². The molecule has 5 heterocycles. The number of nitrogens with one attached hydrogen (secondary N) is 2. The summed E-state index contributed by atoms with van der Waals surface area (Å²) in [7, 11) is 0. The normalized spacial score (nSPS) is 14.0. The van der Waals surface area contributed by atoms with Crippen molar-refractivity contribution in [1.82, 2.24) is 35.2 Å². The quantitative estimate of drug-likeness (QED) is 0.293. The second-order valence-corrected chi connectivity index (χ2v) is 11.3. The smallest absolute Gasteiger partial charge is 0.232 e. The first kappa shape index (κ1) is 26.7. The third-order valence-corrected chi connectivity index (χ3v) is 7.76. The molecule has 2 N–H and O–H groups in total. The van der Waals surface area contributed by atoms with Crippen LogP contribution < -0.4 is 10.6 Å². The number of aryl methyl sites for hydroxylation is 3. The molecule has 1 fully saturated rings. The molecule has 2 aliphatic rings. The highest BCUT2D eigenvalue weighted by molar-refractivity contribution is 7.15. The van der Waals surface area contributed by atoms with Gasteiger partial charge < -0.3 is 10.6 Å². The van der Waals surface area contributed by atoms with Gasteiger partial charge in [0.05, 0.1) is 18.5 Å². The summed E-state index contributed by atoms with van der Waals surface area (Å²) in [5, 5.41) is 27.7. The predicted molar refractivity (Wildman–Crippen MR) is 153 cm³/mol. The van der Waals surface area contributed by atoms with Crippen molar-refractivity contribution in [2.45, 2.75) is 70.3 Å². The zero-order valence-electron chi connectivity index (χ0n) is 22.5. The largest absolute Gasteiger partial charge is 0.309 e. The minimum absolute atomic E-state index is 0.152.